The van der Waals surface area contributed by atoms with E-state index in [0.717, 1.165) is 70.3 Å². The number of benzene rings is 1. The van der Waals surface area contributed by atoms with Crippen molar-refractivity contribution in [3.63, 3.8) is 0 Å². The summed E-state index contributed by atoms with van der Waals surface area (Å²) in [5.74, 6) is 1.24. The number of hydrogen-bond acceptors (Lipinski definition) is 9. The number of likely N-dealkylation sites (tertiary alicyclic amines) is 1. The van der Waals surface area contributed by atoms with Gasteiger partial charge < -0.3 is 20.4 Å². The van der Waals surface area contributed by atoms with Crippen LogP contribution in [0.15, 0.2) is 41.4 Å². The van der Waals surface area contributed by atoms with Crippen LogP contribution in [0.1, 0.15) is 59.1 Å². The number of carbonyl (C=O) groups excluding carboxylic acids is 1. The second-order valence-corrected chi connectivity index (χ2v) is 13.0. The predicted molar refractivity (Wildman–Crippen MR) is 167 cm³/mol. The van der Waals surface area contributed by atoms with Gasteiger partial charge in [-0.1, -0.05) is 0 Å². The molecule has 1 aliphatic heterocycles. The van der Waals surface area contributed by atoms with Gasteiger partial charge in [0.2, 0.25) is 5.82 Å². The summed E-state index contributed by atoms with van der Waals surface area (Å²) in [7, 11) is 0. The van der Waals surface area contributed by atoms with Crippen molar-refractivity contribution in [2.75, 3.05) is 18.4 Å². The average Bonchev–Trinajstić information content (AvgIpc) is 3.69. The van der Waals surface area contributed by atoms with E-state index in [4.69, 9.17) is 4.74 Å². The molecule has 5 aromatic rings. The molecule has 0 radical (unpaired) electrons. The molecule has 14 heteroatoms. The summed E-state index contributed by atoms with van der Waals surface area (Å²) in [6.07, 6.45) is 4.79. The van der Waals surface area contributed by atoms with E-state index in [1.165, 1.54) is 0 Å². The van der Waals surface area contributed by atoms with E-state index in [2.05, 4.69) is 74.1 Å². The van der Waals surface area contributed by atoms with E-state index in [0.29, 0.717) is 11.6 Å². The van der Waals surface area contributed by atoms with Crippen LogP contribution in [-0.2, 0) is 11.3 Å². The molecule has 6 rings (SSSR count). The molecule has 3 N–H and O–H groups in total. The summed E-state index contributed by atoms with van der Waals surface area (Å²) >= 11 is 3.69. The first-order valence-corrected chi connectivity index (χ1v) is 15.2. The molecular weight excluding hydrogens is 614 g/mol. The first kappa shape index (κ1) is 29.1. The third-order valence-electron chi connectivity index (χ3n) is 7.35. The molecule has 0 saturated carbocycles. The summed E-state index contributed by atoms with van der Waals surface area (Å²) < 4.78 is 8.13. The highest BCUT2D eigenvalue weighted by Gasteiger charge is 2.25. The number of halogens is 1. The van der Waals surface area contributed by atoms with Crippen LogP contribution in [0.25, 0.3) is 27.8 Å². The lowest BCUT2D eigenvalue weighted by Crippen LogP contribution is -2.45. The Kier molecular flexibility index (Phi) is 7.81. The van der Waals surface area contributed by atoms with Crippen molar-refractivity contribution in [1.29, 1.82) is 0 Å². The second-order valence-electron chi connectivity index (χ2n) is 12.2. The predicted octanol–water partition coefficient (Wildman–Crippen LogP) is 5.44. The second kappa shape index (κ2) is 11.6. The summed E-state index contributed by atoms with van der Waals surface area (Å²) in [6.45, 7) is 12.1. The third kappa shape index (κ3) is 6.34. The van der Waals surface area contributed by atoms with Gasteiger partial charge in [0.25, 0.3) is 0 Å². The number of carbonyl (C=O) groups is 1. The van der Waals surface area contributed by atoms with Crippen LogP contribution in [0.4, 0.5) is 16.3 Å². The lowest BCUT2D eigenvalue weighted by Gasteiger charge is -2.32. The summed E-state index contributed by atoms with van der Waals surface area (Å²) in [5, 5.41) is 25.2. The van der Waals surface area contributed by atoms with Crippen LogP contribution in [0.3, 0.4) is 0 Å². The Morgan fingerprint density at radius 1 is 1.21 bits per heavy atom. The van der Waals surface area contributed by atoms with Crippen molar-refractivity contribution < 1.29 is 9.53 Å². The molecule has 4 aromatic heterocycles. The van der Waals surface area contributed by atoms with Gasteiger partial charge in [-0.2, -0.15) is 9.90 Å². The normalized spacial score (nSPS) is 15.0. The number of piperidine rings is 1. The minimum Gasteiger partial charge on any atom is -0.444 e. The van der Waals surface area contributed by atoms with Crippen LogP contribution in [0.2, 0.25) is 0 Å². The molecule has 5 heterocycles. The molecule has 1 aliphatic rings. The fourth-order valence-electron chi connectivity index (χ4n) is 5.33. The number of aromatic amines is 1. The number of fused-ring (bicyclic) bond motifs is 2. The number of H-pyrrole nitrogens is 1. The van der Waals surface area contributed by atoms with Gasteiger partial charge in [0.15, 0.2) is 5.82 Å². The zero-order valence-electron chi connectivity index (χ0n) is 24.9. The van der Waals surface area contributed by atoms with Crippen LogP contribution in [-0.4, -0.2) is 75.5 Å². The molecule has 13 nitrogen and oxygen atoms in total. The molecule has 1 fully saturated rings. The Hall–Kier alpha value is -4.04. The van der Waals surface area contributed by atoms with Crippen molar-refractivity contribution in [2.45, 2.75) is 71.7 Å². The summed E-state index contributed by atoms with van der Waals surface area (Å²) in [4.78, 5) is 24.2. The van der Waals surface area contributed by atoms with E-state index in [9.17, 15) is 4.79 Å². The average molecular weight is 651 g/mol. The first-order valence-electron chi connectivity index (χ1n) is 14.4. The Morgan fingerprint density at radius 3 is 2.72 bits per heavy atom. The molecule has 0 atom stereocenters. The molecule has 43 heavy (non-hydrogen) atoms. The Labute approximate surface area is 257 Å². The van der Waals surface area contributed by atoms with Crippen molar-refractivity contribution in [3.8, 4) is 11.4 Å². The number of alkyl carbamates (subject to hydrolysis) is 1. The van der Waals surface area contributed by atoms with Gasteiger partial charge in [-0.3, -0.25) is 4.90 Å². The molecular formula is C29H36BrN11O2. The monoisotopic (exact) mass is 649 g/mol. The quantitative estimate of drug-likeness (QED) is 0.210. The third-order valence-corrected chi connectivity index (χ3v) is 7.92. The molecule has 1 aromatic carbocycles. The minimum absolute atomic E-state index is 0.0938. The maximum atomic E-state index is 12.2. The summed E-state index contributed by atoms with van der Waals surface area (Å²) in [6, 6.07) is 8.38. The van der Waals surface area contributed by atoms with Crippen molar-refractivity contribution in [2.24, 2.45) is 0 Å². The molecule has 0 aliphatic carbocycles. The van der Waals surface area contributed by atoms with Crippen molar-refractivity contribution >= 4 is 49.9 Å². The van der Waals surface area contributed by atoms with E-state index in [-0.39, 0.29) is 18.2 Å². The molecule has 1 saturated heterocycles. The van der Waals surface area contributed by atoms with E-state index in [1.807, 2.05) is 57.5 Å². The van der Waals surface area contributed by atoms with Crippen LogP contribution in [0.5, 0.6) is 0 Å². The topological polar surface area (TPSA) is 143 Å². The van der Waals surface area contributed by atoms with E-state index >= 15 is 0 Å². The number of aromatic nitrogens is 8. The van der Waals surface area contributed by atoms with E-state index in [1.54, 1.807) is 11.1 Å². The largest absolute Gasteiger partial charge is 0.444 e. The molecule has 0 bridgehead atoms. The SMILES string of the molecule is CC(C)n1nnc(-c2cc(Nc3ncnn4c(Br)cc(CN5CCC(NC(=O)OC(C)(C)C)CC5)c34)c3[nH]ccc3c2)n1. The van der Waals surface area contributed by atoms with Crippen LogP contribution in [0, 0.1) is 0 Å². The maximum Gasteiger partial charge on any atom is 0.407 e. The van der Waals surface area contributed by atoms with Gasteiger partial charge >= 0.3 is 6.09 Å². The summed E-state index contributed by atoms with van der Waals surface area (Å²) in [5.41, 5.74) is 4.11. The fourth-order valence-corrected chi connectivity index (χ4v) is 5.87. The van der Waals surface area contributed by atoms with Crippen LogP contribution < -0.4 is 10.6 Å². The van der Waals surface area contributed by atoms with Gasteiger partial charge in [-0.15, -0.1) is 10.2 Å². The Bertz CT molecular complexity index is 1760. The number of rotatable bonds is 7. The Morgan fingerprint density at radius 2 is 2.00 bits per heavy atom. The zero-order valence-corrected chi connectivity index (χ0v) is 26.5. The molecule has 226 valence electrons. The lowest BCUT2D eigenvalue weighted by molar-refractivity contribution is 0.0477. The van der Waals surface area contributed by atoms with Gasteiger partial charge in [-0.25, -0.2) is 14.3 Å². The highest BCUT2D eigenvalue weighted by molar-refractivity contribution is 9.10. The highest BCUT2D eigenvalue weighted by Crippen LogP contribution is 2.34. The first-order chi connectivity index (χ1) is 20.5. The molecule has 0 spiro atoms. The zero-order chi connectivity index (χ0) is 30.3. The lowest BCUT2D eigenvalue weighted by atomic mass is 10.0. The van der Waals surface area contributed by atoms with Gasteiger partial charge in [0, 0.05) is 42.8 Å². The van der Waals surface area contributed by atoms with Gasteiger partial charge in [-0.05, 0) is 98.4 Å². The van der Waals surface area contributed by atoms with Crippen molar-refractivity contribution in [1.82, 2.24) is 50.0 Å². The number of nitrogens with zero attached hydrogens (tertiary/aromatic N) is 8. The molecule has 0 unspecified atom stereocenters. The fraction of sp³-hybridized carbons (Fsp3) is 0.448. The van der Waals surface area contributed by atoms with Gasteiger partial charge in [0.1, 0.15) is 22.0 Å². The number of hydrogen-bond donors (Lipinski definition) is 3. The number of anilines is 2. The number of ether oxygens (including phenoxy) is 1. The smallest absolute Gasteiger partial charge is 0.407 e. The Balaban J connectivity index is 1.24. The van der Waals surface area contributed by atoms with Gasteiger partial charge in [0.05, 0.1) is 17.2 Å². The van der Waals surface area contributed by atoms with Crippen LogP contribution >= 0.6 is 15.9 Å². The maximum absolute atomic E-state index is 12.2. The number of nitrogens with one attached hydrogen (secondary N) is 3. The number of tetrazole rings is 1. The minimum atomic E-state index is -0.513. The van der Waals surface area contributed by atoms with E-state index < -0.39 is 5.60 Å². The van der Waals surface area contributed by atoms with Crippen molar-refractivity contribution in [3.05, 3.63) is 47.0 Å². The highest BCUT2D eigenvalue weighted by atomic mass is 79.9. The number of amides is 1. The standard InChI is InChI=1S/C29H36BrN11O2/c1-17(2)41-37-26(36-38-41)19-12-18-6-9-31-24(18)22(13-19)35-27-25-20(14-23(30)40(25)33-16-32-27)15-39-10-7-21(8-11-39)34-28(42)43-29(3,4)5/h6,9,12-14,16-17,21,31H,7-8,10-11,15H2,1-5H3,(H,34,42)(H,32,33,35). The molecule has 1 amide bonds.